The third kappa shape index (κ3) is 4.48. The van der Waals surface area contributed by atoms with Gasteiger partial charge in [0.2, 0.25) is 0 Å². The fourth-order valence-electron chi connectivity index (χ4n) is 3.21. The van der Waals surface area contributed by atoms with Crippen molar-refractivity contribution in [3.63, 3.8) is 0 Å². The molecule has 0 saturated carbocycles. The van der Waals surface area contributed by atoms with Crippen molar-refractivity contribution in [3.8, 4) is 16.9 Å². The van der Waals surface area contributed by atoms with E-state index >= 15 is 0 Å². The lowest BCUT2D eigenvalue weighted by Gasteiger charge is -2.09. The van der Waals surface area contributed by atoms with E-state index in [1.54, 1.807) is 18.9 Å². The fraction of sp³-hybridized carbons (Fsp3) is 0.130. The molecular formula is C23H21N3O3S. The average Bonchev–Trinajstić information content (AvgIpc) is 3.15. The molecule has 1 heterocycles. The van der Waals surface area contributed by atoms with E-state index in [1.165, 1.54) is 0 Å². The predicted octanol–water partition coefficient (Wildman–Crippen LogP) is 4.34. The van der Waals surface area contributed by atoms with Gasteiger partial charge in [0, 0.05) is 11.0 Å². The number of nitrogens with two attached hydrogens (primary N) is 1. The highest BCUT2D eigenvalue weighted by molar-refractivity contribution is 7.99. The molecule has 3 aromatic carbocycles. The van der Waals surface area contributed by atoms with Crippen LogP contribution in [0.4, 0.5) is 0 Å². The number of rotatable bonds is 7. The molecule has 0 aliphatic heterocycles. The van der Waals surface area contributed by atoms with E-state index in [4.69, 9.17) is 15.6 Å². The summed E-state index contributed by atoms with van der Waals surface area (Å²) in [5.41, 5.74) is 10.4. The van der Waals surface area contributed by atoms with Crippen molar-refractivity contribution in [2.45, 2.75) is 22.5 Å². The Morgan fingerprint density at radius 2 is 1.90 bits per heavy atom. The summed E-state index contributed by atoms with van der Waals surface area (Å²) < 4.78 is 5.27. The van der Waals surface area contributed by atoms with Crippen molar-refractivity contribution < 1.29 is 14.6 Å². The van der Waals surface area contributed by atoms with E-state index in [2.05, 4.69) is 16.0 Å². The molecule has 7 heteroatoms. The first-order chi connectivity index (χ1) is 14.5. The molecule has 4 aromatic rings. The molecule has 0 spiro atoms. The minimum absolute atomic E-state index is 0.292. The number of nitrogens with zero attached hydrogens (tertiary/aromatic N) is 1. The van der Waals surface area contributed by atoms with Gasteiger partial charge in [-0.05, 0) is 47.4 Å². The van der Waals surface area contributed by atoms with Crippen LogP contribution in [0.3, 0.4) is 0 Å². The molecule has 4 rings (SSSR count). The second kappa shape index (κ2) is 8.61. The largest absolute Gasteiger partial charge is 0.497 e. The molecule has 0 bridgehead atoms. The van der Waals surface area contributed by atoms with E-state index in [1.807, 2.05) is 60.7 Å². The molecule has 0 aliphatic carbocycles. The summed E-state index contributed by atoms with van der Waals surface area (Å²) in [6, 6.07) is 20.8. The van der Waals surface area contributed by atoms with Crippen molar-refractivity contribution in [1.29, 1.82) is 0 Å². The number of aromatic amines is 1. The van der Waals surface area contributed by atoms with Crippen LogP contribution in [0.5, 0.6) is 5.75 Å². The monoisotopic (exact) mass is 419 g/mol. The van der Waals surface area contributed by atoms with Crippen molar-refractivity contribution in [3.05, 3.63) is 72.3 Å². The highest BCUT2D eigenvalue weighted by Gasteiger charge is 2.13. The van der Waals surface area contributed by atoms with Crippen LogP contribution in [0.2, 0.25) is 0 Å². The molecule has 4 N–H and O–H groups in total. The number of nitrogens with one attached hydrogen (secondary N) is 1. The van der Waals surface area contributed by atoms with Gasteiger partial charge in [-0.15, -0.1) is 0 Å². The Bertz CT molecular complexity index is 1210. The number of carboxylic acid groups (broad SMARTS) is 1. The predicted molar refractivity (Wildman–Crippen MR) is 118 cm³/mol. The van der Waals surface area contributed by atoms with Crippen LogP contribution in [0.1, 0.15) is 5.56 Å². The van der Waals surface area contributed by atoms with E-state index in [-0.39, 0.29) is 0 Å². The van der Waals surface area contributed by atoms with Crippen molar-refractivity contribution in [1.82, 2.24) is 9.97 Å². The molecule has 0 amide bonds. The standard InChI is InChI=1S/C23H21N3O3S/c1-29-17-8-9-20-21(13-17)26-23(25-20)30-18-7-3-6-16(12-18)15-5-2-4-14(10-15)11-19(24)22(27)28/h2-10,12-13,19H,11,24H2,1H3,(H,25,26)(H,27,28). The number of ether oxygens (including phenoxy) is 1. The SMILES string of the molecule is COc1ccc2nc(Sc3cccc(-c4cccc(CC(N)C(=O)O)c4)c3)[nH]c2c1. The minimum atomic E-state index is -0.998. The third-order valence-corrected chi connectivity index (χ3v) is 5.63. The lowest BCUT2D eigenvalue weighted by molar-refractivity contribution is -0.138. The number of methoxy groups -OCH3 is 1. The summed E-state index contributed by atoms with van der Waals surface area (Å²) in [6.45, 7) is 0. The summed E-state index contributed by atoms with van der Waals surface area (Å²) in [4.78, 5) is 20.0. The van der Waals surface area contributed by atoms with E-state index < -0.39 is 12.0 Å². The first-order valence-electron chi connectivity index (χ1n) is 9.41. The van der Waals surface area contributed by atoms with E-state index in [9.17, 15) is 4.79 Å². The van der Waals surface area contributed by atoms with Gasteiger partial charge in [-0.2, -0.15) is 0 Å². The fourth-order valence-corrected chi connectivity index (χ4v) is 4.07. The van der Waals surface area contributed by atoms with Gasteiger partial charge >= 0.3 is 5.97 Å². The number of imidazole rings is 1. The summed E-state index contributed by atoms with van der Waals surface area (Å²) in [5, 5.41) is 9.85. The number of hydrogen-bond donors (Lipinski definition) is 3. The Balaban J connectivity index is 1.56. The Kier molecular flexibility index (Phi) is 5.74. The first-order valence-corrected chi connectivity index (χ1v) is 10.2. The average molecular weight is 420 g/mol. The molecule has 1 aromatic heterocycles. The number of aliphatic carboxylic acids is 1. The lowest BCUT2D eigenvalue weighted by atomic mass is 10.00. The van der Waals surface area contributed by atoms with Gasteiger partial charge in [-0.3, -0.25) is 4.79 Å². The molecule has 1 atom stereocenters. The molecule has 0 fully saturated rings. The Labute approximate surface area is 178 Å². The molecule has 6 nitrogen and oxygen atoms in total. The summed E-state index contributed by atoms with van der Waals surface area (Å²) in [5.74, 6) is -0.213. The highest BCUT2D eigenvalue weighted by atomic mass is 32.2. The van der Waals surface area contributed by atoms with Crippen LogP contribution in [0, 0.1) is 0 Å². The first kappa shape index (κ1) is 20.0. The van der Waals surface area contributed by atoms with Gasteiger partial charge < -0.3 is 20.6 Å². The van der Waals surface area contributed by atoms with Crippen LogP contribution >= 0.6 is 11.8 Å². The Hall–Kier alpha value is -3.29. The quantitative estimate of drug-likeness (QED) is 0.412. The molecule has 0 saturated heterocycles. The number of hydrogen-bond acceptors (Lipinski definition) is 5. The number of benzene rings is 3. The topological polar surface area (TPSA) is 101 Å². The zero-order valence-electron chi connectivity index (χ0n) is 16.3. The van der Waals surface area contributed by atoms with Crippen LogP contribution in [-0.4, -0.2) is 34.2 Å². The molecule has 0 aliphatic rings. The summed E-state index contributed by atoms with van der Waals surface area (Å²) >= 11 is 1.55. The van der Waals surface area contributed by atoms with E-state index in [0.717, 1.165) is 43.5 Å². The summed E-state index contributed by atoms with van der Waals surface area (Å²) in [7, 11) is 1.64. The molecule has 30 heavy (non-hydrogen) atoms. The zero-order valence-corrected chi connectivity index (χ0v) is 17.1. The third-order valence-electron chi connectivity index (χ3n) is 4.75. The van der Waals surface area contributed by atoms with Gasteiger partial charge in [0.25, 0.3) is 0 Å². The van der Waals surface area contributed by atoms with Crippen LogP contribution in [-0.2, 0) is 11.2 Å². The Morgan fingerprint density at radius 1 is 1.13 bits per heavy atom. The molecule has 0 radical (unpaired) electrons. The Morgan fingerprint density at radius 3 is 2.67 bits per heavy atom. The maximum atomic E-state index is 11.0. The summed E-state index contributed by atoms with van der Waals surface area (Å²) in [6.07, 6.45) is 0.292. The second-order valence-corrected chi connectivity index (χ2v) is 7.97. The number of H-pyrrole nitrogens is 1. The normalized spacial score (nSPS) is 12.1. The minimum Gasteiger partial charge on any atom is -0.497 e. The zero-order chi connectivity index (χ0) is 21.1. The highest BCUT2D eigenvalue weighted by Crippen LogP contribution is 2.31. The van der Waals surface area contributed by atoms with Crippen LogP contribution < -0.4 is 10.5 Å². The van der Waals surface area contributed by atoms with E-state index in [0.29, 0.717) is 6.42 Å². The van der Waals surface area contributed by atoms with Gasteiger partial charge in [-0.1, -0.05) is 48.2 Å². The molecule has 152 valence electrons. The molecule has 1 unspecified atom stereocenters. The maximum absolute atomic E-state index is 11.0. The van der Waals surface area contributed by atoms with Gasteiger partial charge in [-0.25, -0.2) is 4.98 Å². The lowest BCUT2D eigenvalue weighted by Crippen LogP contribution is -2.32. The van der Waals surface area contributed by atoms with Crippen LogP contribution in [0.15, 0.2) is 76.8 Å². The number of carbonyl (C=O) groups is 1. The van der Waals surface area contributed by atoms with Crippen molar-refractivity contribution in [2.75, 3.05) is 7.11 Å². The number of fused-ring (bicyclic) bond motifs is 1. The smallest absolute Gasteiger partial charge is 0.320 e. The van der Waals surface area contributed by atoms with Crippen molar-refractivity contribution in [2.24, 2.45) is 5.73 Å². The van der Waals surface area contributed by atoms with Gasteiger partial charge in [0.1, 0.15) is 11.8 Å². The van der Waals surface area contributed by atoms with Gasteiger partial charge in [0.15, 0.2) is 5.16 Å². The molecular weight excluding hydrogens is 398 g/mol. The number of carboxylic acids is 1. The van der Waals surface area contributed by atoms with Gasteiger partial charge in [0.05, 0.1) is 18.1 Å². The van der Waals surface area contributed by atoms with Crippen molar-refractivity contribution >= 4 is 28.8 Å². The maximum Gasteiger partial charge on any atom is 0.320 e. The number of aromatic nitrogens is 2. The van der Waals surface area contributed by atoms with Crippen LogP contribution in [0.25, 0.3) is 22.2 Å². The second-order valence-electron chi connectivity index (χ2n) is 6.90.